The molecule has 0 amide bonds. The first-order chi connectivity index (χ1) is 9.91. The lowest BCUT2D eigenvalue weighted by atomic mass is 9.82. The van der Waals surface area contributed by atoms with Gasteiger partial charge in [0, 0.05) is 37.6 Å². The number of nitrogens with zero attached hydrogens (tertiary/aromatic N) is 1. The van der Waals surface area contributed by atoms with Gasteiger partial charge in [0.2, 0.25) is 0 Å². The highest BCUT2D eigenvalue weighted by Crippen LogP contribution is 2.31. The molecule has 7 nitrogen and oxygen atoms in total. The molecule has 0 radical (unpaired) electrons. The summed E-state index contributed by atoms with van der Waals surface area (Å²) in [4.78, 5) is 21.4. The summed E-state index contributed by atoms with van der Waals surface area (Å²) in [5.41, 5.74) is 0.131. The molecule has 7 heteroatoms. The van der Waals surface area contributed by atoms with E-state index in [4.69, 9.17) is 4.74 Å². The van der Waals surface area contributed by atoms with Gasteiger partial charge in [0.15, 0.2) is 0 Å². The Bertz CT molecular complexity index is 552. The Morgan fingerprint density at radius 2 is 2.14 bits per heavy atom. The molecule has 0 bridgehead atoms. The lowest BCUT2D eigenvalue weighted by Gasteiger charge is -2.34. The largest absolute Gasteiger partial charge is 0.478 e. The fourth-order valence-electron chi connectivity index (χ4n) is 2.33. The van der Waals surface area contributed by atoms with Crippen molar-refractivity contribution >= 4 is 17.3 Å². The first-order valence-corrected chi connectivity index (χ1v) is 6.75. The van der Waals surface area contributed by atoms with E-state index in [0.717, 1.165) is 18.9 Å². The number of nitro groups is 1. The van der Waals surface area contributed by atoms with E-state index in [0.29, 0.717) is 25.4 Å². The van der Waals surface area contributed by atoms with Crippen LogP contribution in [-0.2, 0) is 4.74 Å². The predicted molar refractivity (Wildman–Crippen MR) is 76.7 cm³/mol. The van der Waals surface area contributed by atoms with Crippen LogP contribution >= 0.6 is 0 Å². The van der Waals surface area contributed by atoms with Crippen LogP contribution in [0, 0.1) is 15.5 Å². The number of hydrogen-bond acceptors (Lipinski definition) is 5. The van der Waals surface area contributed by atoms with Crippen LogP contribution in [0.2, 0.25) is 0 Å². The van der Waals surface area contributed by atoms with Crippen molar-refractivity contribution in [2.75, 3.05) is 25.1 Å². The summed E-state index contributed by atoms with van der Waals surface area (Å²) in [5.74, 6) is -1.18. The topological polar surface area (TPSA) is 102 Å². The molecule has 0 unspecified atom stereocenters. The molecule has 0 saturated carbocycles. The van der Waals surface area contributed by atoms with Gasteiger partial charge in [0.05, 0.1) is 10.5 Å². The highest BCUT2D eigenvalue weighted by Gasteiger charge is 2.27. The third-order valence-corrected chi connectivity index (χ3v) is 3.85. The molecule has 1 aliphatic rings. The van der Waals surface area contributed by atoms with Gasteiger partial charge in [-0.1, -0.05) is 6.92 Å². The van der Waals surface area contributed by atoms with Crippen LogP contribution in [0.4, 0.5) is 11.4 Å². The minimum Gasteiger partial charge on any atom is -0.478 e. The number of ether oxygens (including phenoxy) is 1. The number of non-ortho nitro benzene ring substituents is 1. The van der Waals surface area contributed by atoms with Crippen LogP contribution in [0.1, 0.15) is 30.1 Å². The van der Waals surface area contributed by atoms with Gasteiger partial charge in [-0.15, -0.1) is 0 Å². The van der Waals surface area contributed by atoms with Gasteiger partial charge in [0.1, 0.15) is 0 Å². The lowest BCUT2D eigenvalue weighted by molar-refractivity contribution is -0.384. The first kappa shape index (κ1) is 15.2. The Kier molecular flexibility index (Phi) is 4.42. The molecule has 1 aromatic carbocycles. The number of nitro benzene ring substituents is 1. The van der Waals surface area contributed by atoms with E-state index in [1.54, 1.807) is 0 Å². The number of nitrogens with one attached hydrogen (secondary N) is 1. The Morgan fingerprint density at radius 3 is 2.71 bits per heavy atom. The summed E-state index contributed by atoms with van der Waals surface area (Å²) < 4.78 is 5.32. The normalized spacial score (nSPS) is 17.2. The average molecular weight is 294 g/mol. The first-order valence-electron chi connectivity index (χ1n) is 6.75. The van der Waals surface area contributed by atoms with Crippen molar-refractivity contribution in [3.8, 4) is 0 Å². The predicted octanol–water partition coefficient (Wildman–Crippen LogP) is 2.52. The summed E-state index contributed by atoms with van der Waals surface area (Å²) >= 11 is 0. The molecule has 2 rings (SSSR count). The van der Waals surface area contributed by atoms with Gasteiger partial charge in [-0.25, -0.2) is 4.79 Å². The highest BCUT2D eigenvalue weighted by atomic mass is 16.6. The van der Waals surface area contributed by atoms with Crippen molar-refractivity contribution < 1.29 is 19.6 Å². The molecular weight excluding hydrogens is 276 g/mol. The summed E-state index contributed by atoms with van der Waals surface area (Å²) in [7, 11) is 0. The van der Waals surface area contributed by atoms with E-state index >= 15 is 0 Å². The number of carboxylic acids is 1. The van der Waals surface area contributed by atoms with Crippen molar-refractivity contribution in [2.24, 2.45) is 5.41 Å². The van der Waals surface area contributed by atoms with Gasteiger partial charge >= 0.3 is 5.97 Å². The number of carboxylic acid groups (broad SMARTS) is 1. The van der Waals surface area contributed by atoms with Crippen molar-refractivity contribution in [2.45, 2.75) is 19.8 Å². The van der Waals surface area contributed by atoms with Crippen LogP contribution in [0.3, 0.4) is 0 Å². The fourth-order valence-corrected chi connectivity index (χ4v) is 2.33. The van der Waals surface area contributed by atoms with E-state index in [1.807, 2.05) is 0 Å². The molecule has 2 N–H and O–H groups in total. The molecule has 0 aromatic heterocycles. The van der Waals surface area contributed by atoms with Gasteiger partial charge in [0.25, 0.3) is 5.69 Å². The molecule has 0 aliphatic carbocycles. The monoisotopic (exact) mass is 294 g/mol. The minimum atomic E-state index is -1.18. The Morgan fingerprint density at radius 1 is 1.48 bits per heavy atom. The molecule has 1 fully saturated rings. The van der Waals surface area contributed by atoms with E-state index < -0.39 is 10.9 Å². The summed E-state index contributed by atoms with van der Waals surface area (Å²) in [5, 5.41) is 23.0. The zero-order valence-corrected chi connectivity index (χ0v) is 11.8. The number of carbonyl (C=O) groups is 1. The van der Waals surface area contributed by atoms with Crippen molar-refractivity contribution in [3.63, 3.8) is 0 Å². The number of benzene rings is 1. The van der Waals surface area contributed by atoms with Crippen LogP contribution in [0.5, 0.6) is 0 Å². The minimum absolute atomic E-state index is 0.0375. The zero-order valence-electron chi connectivity index (χ0n) is 11.8. The standard InChI is InChI=1S/C14H18N2O5/c1-14(4-6-21-7-5-14)9-15-12-3-2-10(16(19)20)8-11(12)13(17)18/h2-3,8,15H,4-7,9H2,1H3,(H,17,18). The van der Waals surface area contributed by atoms with Crippen LogP contribution in [0.25, 0.3) is 0 Å². The van der Waals surface area contributed by atoms with E-state index in [1.165, 1.54) is 12.1 Å². The maximum Gasteiger partial charge on any atom is 0.338 e. The van der Waals surface area contributed by atoms with Crippen molar-refractivity contribution in [1.29, 1.82) is 0 Å². The molecule has 1 saturated heterocycles. The summed E-state index contributed by atoms with van der Waals surface area (Å²) in [6, 6.07) is 3.84. The zero-order chi connectivity index (χ0) is 15.5. The summed E-state index contributed by atoms with van der Waals surface area (Å²) in [6.45, 7) is 4.12. The Balaban J connectivity index is 2.15. The fraction of sp³-hybridized carbons (Fsp3) is 0.500. The van der Waals surface area contributed by atoms with Crippen LogP contribution in [0.15, 0.2) is 18.2 Å². The Labute approximate surface area is 122 Å². The van der Waals surface area contributed by atoms with E-state index in [9.17, 15) is 20.0 Å². The molecular formula is C14H18N2O5. The average Bonchev–Trinajstić information content (AvgIpc) is 2.45. The van der Waals surface area contributed by atoms with Crippen molar-refractivity contribution in [3.05, 3.63) is 33.9 Å². The number of anilines is 1. The van der Waals surface area contributed by atoms with Crippen molar-refractivity contribution in [1.82, 2.24) is 0 Å². The molecule has 0 atom stereocenters. The highest BCUT2D eigenvalue weighted by molar-refractivity contribution is 5.95. The van der Waals surface area contributed by atoms with E-state index in [-0.39, 0.29) is 16.7 Å². The molecule has 21 heavy (non-hydrogen) atoms. The lowest BCUT2D eigenvalue weighted by Crippen LogP contribution is -2.33. The molecule has 0 spiro atoms. The van der Waals surface area contributed by atoms with Crippen LogP contribution < -0.4 is 5.32 Å². The number of hydrogen-bond donors (Lipinski definition) is 2. The van der Waals surface area contributed by atoms with Gasteiger partial charge < -0.3 is 15.2 Å². The third kappa shape index (κ3) is 3.69. The second kappa shape index (κ2) is 6.09. The van der Waals surface area contributed by atoms with Gasteiger partial charge in [-0.2, -0.15) is 0 Å². The maximum absolute atomic E-state index is 11.2. The molecule has 114 valence electrons. The Hall–Kier alpha value is -2.15. The molecule has 1 heterocycles. The van der Waals surface area contributed by atoms with E-state index in [2.05, 4.69) is 12.2 Å². The number of rotatable bonds is 5. The SMILES string of the molecule is CC1(CNc2ccc([N+](=O)[O-])cc2C(=O)O)CCOCC1. The van der Waals surface area contributed by atoms with Gasteiger partial charge in [-0.05, 0) is 24.3 Å². The second-order valence-electron chi connectivity index (χ2n) is 5.57. The summed E-state index contributed by atoms with van der Waals surface area (Å²) in [6.07, 6.45) is 1.80. The third-order valence-electron chi connectivity index (χ3n) is 3.85. The van der Waals surface area contributed by atoms with Gasteiger partial charge in [-0.3, -0.25) is 10.1 Å². The number of aromatic carboxylic acids is 1. The molecule has 1 aromatic rings. The van der Waals surface area contributed by atoms with Crippen LogP contribution in [-0.4, -0.2) is 35.8 Å². The smallest absolute Gasteiger partial charge is 0.338 e. The quantitative estimate of drug-likeness (QED) is 0.639. The maximum atomic E-state index is 11.2. The second-order valence-corrected chi connectivity index (χ2v) is 5.57. The molecule has 1 aliphatic heterocycles.